The highest BCUT2D eigenvalue weighted by Crippen LogP contribution is 2.48. The lowest BCUT2D eigenvalue weighted by molar-refractivity contribution is -0.178. The van der Waals surface area contributed by atoms with Gasteiger partial charge >= 0.3 is 12.1 Å². The van der Waals surface area contributed by atoms with Crippen LogP contribution in [0.3, 0.4) is 0 Å². The van der Waals surface area contributed by atoms with Crippen molar-refractivity contribution >= 4 is 29.2 Å². The van der Waals surface area contributed by atoms with Crippen molar-refractivity contribution in [3.63, 3.8) is 0 Å². The Hall–Kier alpha value is -2.61. The number of rotatable bonds is 6. The van der Waals surface area contributed by atoms with Gasteiger partial charge in [-0.25, -0.2) is 4.39 Å². The fourth-order valence-corrected chi connectivity index (χ4v) is 3.57. The van der Waals surface area contributed by atoms with E-state index in [9.17, 15) is 27.2 Å². The first-order valence-electron chi connectivity index (χ1n) is 9.14. The average Bonchev–Trinajstić information content (AvgIpc) is 3.45. The number of benzene rings is 2. The molecule has 2 aromatic carbocycles. The summed E-state index contributed by atoms with van der Waals surface area (Å²) in [5.41, 5.74) is 0.305. The Morgan fingerprint density at radius 3 is 2.33 bits per heavy atom. The Morgan fingerprint density at radius 1 is 1.17 bits per heavy atom. The van der Waals surface area contributed by atoms with Crippen molar-refractivity contribution in [1.82, 2.24) is 0 Å². The summed E-state index contributed by atoms with van der Waals surface area (Å²) >= 11 is 5.79. The molecule has 160 valence electrons. The molecule has 0 aliphatic heterocycles. The van der Waals surface area contributed by atoms with E-state index in [2.05, 4.69) is 5.32 Å². The largest absolute Gasteiger partial charge is 0.481 e. The first kappa shape index (κ1) is 22.1. The van der Waals surface area contributed by atoms with Gasteiger partial charge in [0.05, 0.1) is 23.4 Å². The highest BCUT2D eigenvalue weighted by molar-refractivity contribution is 6.30. The molecule has 4 nitrogen and oxygen atoms in total. The zero-order chi connectivity index (χ0) is 22.2. The van der Waals surface area contributed by atoms with E-state index < -0.39 is 41.6 Å². The third-order valence-electron chi connectivity index (χ3n) is 5.31. The van der Waals surface area contributed by atoms with Crippen molar-refractivity contribution in [2.24, 2.45) is 11.8 Å². The maximum absolute atomic E-state index is 14.3. The molecule has 30 heavy (non-hydrogen) atoms. The summed E-state index contributed by atoms with van der Waals surface area (Å²) in [7, 11) is 0. The molecule has 0 spiro atoms. The van der Waals surface area contributed by atoms with Gasteiger partial charge < -0.3 is 10.4 Å². The summed E-state index contributed by atoms with van der Waals surface area (Å²) < 4.78 is 54.5. The van der Waals surface area contributed by atoms with E-state index in [-0.39, 0.29) is 17.2 Å². The molecule has 1 aliphatic carbocycles. The average molecular weight is 444 g/mol. The molecule has 1 saturated carbocycles. The van der Waals surface area contributed by atoms with Crippen LogP contribution in [0.25, 0.3) is 0 Å². The summed E-state index contributed by atoms with van der Waals surface area (Å²) in [5.74, 6) is -7.40. The summed E-state index contributed by atoms with van der Waals surface area (Å²) in [6, 6.07) is 9.14. The van der Waals surface area contributed by atoms with E-state index in [0.717, 1.165) is 13.0 Å². The number of alkyl halides is 3. The molecule has 2 N–H and O–H groups in total. The minimum atomic E-state index is -4.66. The SMILES string of the molecule is C[C@H]([C@H](C(=O)Nc1cc([C@@H]2C[C@H]2C(=O)O)ccc1F)c1ccc(Cl)cc1)C(F)(F)F. The van der Waals surface area contributed by atoms with Gasteiger partial charge in [-0.05, 0) is 47.7 Å². The number of aliphatic carboxylic acids is 1. The van der Waals surface area contributed by atoms with Crippen LogP contribution in [0.4, 0.5) is 23.2 Å². The van der Waals surface area contributed by atoms with Gasteiger partial charge in [-0.2, -0.15) is 13.2 Å². The Balaban J connectivity index is 1.89. The molecule has 0 heterocycles. The maximum Gasteiger partial charge on any atom is 0.392 e. The number of carboxylic acids is 1. The lowest BCUT2D eigenvalue weighted by Gasteiger charge is -2.26. The Labute approximate surface area is 174 Å². The Morgan fingerprint density at radius 2 is 1.80 bits per heavy atom. The number of hydrogen-bond donors (Lipinski definition) is 2. The molecule has 0 saturated heterocycles. The van der Waals surface area contributed by atoms with E-state index >= 15 is 0 Å². The summed E-state index contributed by atoms with van der Waals surface area (Å²) in [6.07, 6.45) is -4.28. The number of carbonyl (C=O) groups is 2. The molecule has 4 atom stereocenters. The molecular formula is C21H18ClF4NO3. The summed E-state index contributed by atoms with van der Waals surface area (Å²) in [4.78, 5) is 23.9. The molecule has 0 radical (unpaired) electrons. The second-order valence-electron chi connectivity index (χ2n) is 7.37. The van der Waals surface area contributed by atoms with Crippen LogP contribution in [0.15, 0.2) is 42.5 Å². The second kappa shape index (κ2) is 8.26. The third kappa shape index (κ3) is 4.75. The van der Waals surface area contributed by atoms with Gasteiger partial charge in [0.1, 0.15) is 5.82 Å². The lowest BCUT2D eigenvalue weighted by atomic mass is 9.86. The number of hydrogen-bond acceptors (Lipinski definition) is 2. The van der Waals surface area contributed by atoms with Gasteiger partial charge in [-0.3, -0.25) is 9.59 Å². The zero-order valence-electron chi connectivity index (χ0n) is 15.7. The van der Waals surface area contributed by atoms with Crippen molar-refractivity contribution < 1.29 is 32.3 Å². The first-order chi connectivity index (χ1) is 14.0. The summed E-state index contributed by atoms with van der Waals surface area (Å²) in [6.45, 7) is 0.882. The van der Waals surface area contributed by atoms with Crippen molar-refractivity contribution in [2.75, 3.05) is 5.32 Å². The van der Waals surface area contributed by atoms with Gasteiger partial charge in [0.2, 0.25) is 5.91 Å². The van der Waals surface area contributed by atoms with Gasteiger partial charge in [0.25, 0.3) is 0 Å². The topological polar surface area (TPSA) is 66.4 Å². The molecule has 1 amide bonds. The molecule has 0 unspecified atom stereocenters. The van der Waals surface area contributed by atoms with Crippen LogP contribution in [0.2, 0.25) is 5.02 Å². The highest BCUT2D eigenvalue weighted by atomic mass is 35.5. The van der Waals surface area contributed by atoms with Crippen molar-refractivity contribution in [3.8, 4) is 0 Å². The smallest absolute Gasteiger partial charge is 0.392 e. The van der Waals surface area contributed by atoms with Crippen LogP contribution in [0.5, 0.6) is 0 Å². The van der Waals surface area contributed by atoms with Gasteiger partial charge in [-0.1, -0.05) is 36.7 Å². The number of carbonyl (C=O) groups excluding carboxylic acids is 1. The second-order valence-corrected chi connectivity index (χ2v) is 7.81. The van der Waals surface area contributed by atoms with Crippen molar-refractivity contribution in [1.29, 1.82) is 0 Å². The Bertz CT molecular complexity index is 962. The fourth-order valence-electron chi connectivity index (χ4n) is 3.44. The number of amides is 1. The predicted octanol–water partition coefficient (Wildman–Crippen LogP) is 5.59. The van der Waals surface area contributed by atoms with Crippen LogP contribution < -0.4 is 5.32 Å². The number of nitrogens with one attached hydrogen (secondary N) is 1. The molecule has 9 heteroatoms. The maximum atomic E-state index is 14.3. The molecule has 2 aromatic rings. The lowest BCUT2D eigenvalue weighted by Crippen LogP contribution is -2.34. The minimum absolute atomic E-state index is 0.0893. The molecule has 1 aliphatic rings. The molecular weight excluding hydrogens is 426 g/mol. The van der Waals surface area contributed by atoms with Gasteiger partial charge in [0, 0.05) is 5.02 Å². The van der Waals surface area contributed by atoms with E-state index in [1.54, 1.807) is 0 Å². The third-order valence-corrected chi connectivity index (χ3v) is 5.56. The standard InChI is InChI=1S/C21H18ClF4NO3/c1-10(21(24,25)26)18(11-2-5-13(22)6-3-11)19(28)27-17-8-12(4-7-16(17)23)14-9-15(14)20(29)30/h2-8,10,14-15,18H,9H2,1H3,(H,27,28)(H,29,30)/t10-,14+,15-,18+/m1/s1. The normalized spacial score (nSPS) is 20.3. The van der Waals surface area contributed by atoms with Gasteiger partial charge in [0.15, 0.2) is 0 Å². The predicted molar refractivity (Wildman–Crippen MR) is 103 cm³/mol. The van der Waals surface area contributed by atoms with Crippen molar-refractivity contribution in [3.05, 3.63) is 64.4 Å². The first-order valence-corrected chi connectivity index (χ1v) is 9.52. The molecule has 0 bridgehead atoms. The van der Waals surface area contributed by atoms with Gasteiger partial charge in [-0.15, -0.1) is 0 Å². The quantitative estimate of drug-likeness (QED) is 0.572. The van der Waals surface area contributed by atoms with E-state index in [1.807, 2.05) is 0 Å². The highest BCUT2D eigenvalue weighted by Gasteiger charge is 2.46. The minimum Gasteiger partial charge on any atom is -0.481 e. The van der Waals surface area contributed by atoms with E-state index in [4.69, 9.17) is 16.7 Å². The number of anilines is 1. The van der Waals surface area contributed by atoms with Crippen LogP contribution in [-0.4, -0.2) is 23.2 Å². The molecule has 0 aromatic heterocycles. The van der Waals surface area contributed by atoms with Crippen molar-refractivity contribution in [2.45, 2.75) is 31.4 Å². The van der Waals surface area contributed by atoms with Crippen LogP contribution >= 0.6 is 11.6 Å². The summed E-state index contributed by atoms with van der Waals surface area (Å²) in [5, 5.41) is 11.6. The fraction of sp³-hybridized carbons (Fsp3) is 0.333. The molecule has 1 fully saturated rings. The van der Waals surface area contributed by atoms with E-state index in [0.29, 0.717) is 17.0 Å². The zero-order valence-corrected chi connectivity index (χ0v) is 16.5. The van der Waals surface area contributed by atoms with Crippen LogP contribution in [0.1, 0.15) is 36.3 Å². The van der Waals surface area contributed by atoms with Crippen LogP contribution in [-0.2, 0) is 9.59 Å². The van der Waals surface area contributed by atoms with Crippen LogP contribution in [0, 0.1) is 17.7 Å². The number of carboxylic acid groups (broad SMARTS) is 1. The monoisotopic (exact) mass is 443 g/mol. The number of halogens is 5. The molecule has 3 rings (SSSR count). The van der Waals surface area contributed by atoms with E-state index in [1.165, 1.54) is 36.4 Å². The Kier molecular flexibility index (Phi) is 6.08.